The molecule has 0 bridgehead atoms. The number of carbonyl (C=O) groups is 1. The highest BCUT2D eigenvalue weighted by Gasteiger charge is 2.23. The topological polar surface area (TPSA) is 50.4 Å². The summed E-state index contributed by atoms with van der Waals surface area (Å²) in [5, 5.41) is 5.74. The Hall–Kier alpha value is -0.770. The van der Waals surface area contributed by atoms with Gasteiger partial charge in [0.1, 0.15) is 0 Å². The lowest BCUT2D eigenvalue weighted by molar-refractivity contribution is 0.163. The minimum Gasteiger partial charge on any atom is -0.383 e. The molecule has 0 spiro atoms. The van der Waals surface area contributed by atoms with Crippen LogP contribution in [-0.2, 0) is 4.74 Å². The molecule has 0 aliphatic heterocycles. The summed E-state index contributed by atoms with van der Waals surface area (Å²) in [6, 6.07) is 0.482. The normalized spacial score (nSPS) is 18.0. The third-order valence-corrected chi connectivity index (χ3v) is 2.11. The second-order valence-electron chi connectivity index (χ2n) is 3.45. The molecule has 2 N–H and O–H groups in total. The van der Waals surface area contributed by atoms with Crippen molar-refractivity contribution >= 4 is 6.03 Å². The van der Waals surface area contributed by atoms with Crippen molar-refractivity contribution in [3.63, 3.8) is 0 Å². The Morgan fingerprint density at radius 1 is 1.62 bits per heavy atom. The predicted octanol–water partition coefficient (Wildman–Crippen LogP) is 0.873. The molecule has 76 valence electrons. The van der Waals surface area contributed by atoms with Gasteiger partial charge >= 0.3 is 6.03 Å². The highest BCUT2D eigenvalue weighted by atomic mass is 16.5. The van der Waals surface area contributed by atoms with Crippen LogP contribution in [0.25, 0.3) is 0 Å². The van der Waals surface area contributed by atoms with E-state index in [1.807, 2.05) is 6.92 Å². The van der Waals surface area contributed by atoms with Crippen LogP contribution in [0.1, 0.15) is 26.2 Å². The van der Waals surface area contributed by atoms with Gasteiger partial charge in [0, 0.05) is 13.2 Å². The van der Waals surface area contributed by atoms with E-state index in [1.54, 1.807) is 7.11 Å². The van der Waals surface area contributed by atoms with E-state index in [0.717, 1.165) is 19.3 Å². The van der Waals surface area contributed by atoms with Gasteiger partial charge < -0.3 is 15.4 Å². The zero-order chi connectivity index (χ0) is 9.68. The SMILES string of the molecule is CCC(COC)NC(=O)NC1CC1. The summed E-state index contributed by atoms with van der Waals surface area (Å²) in [6.45, 7) is 2.61. The summed E-state index contributed by atoms with van der Waals surface area (Å²) >= 11 is 0. The first-order valence-corrected chi connectivity index (χ1v) is 4.82. The van der Waals surface area contributed by atoms with Gasteiger partial charge in [-0.25, -0.2) is 4.79 Å². The molecule has 0 radical (unpaired) electrons. The summed E-state index contributed by atoms with van der Waals surface area (Å²) in [7, 11) is 1.64. The Balaban J connectivity index is 2.14. The fraction of sp³-hybridized carbons (Fsp3) is 0.889. The smallest absolute Gasteiger partial charge is 0.315 e. The molecular weight excluding hydrogens is 168 g/mol. The van der Waals surface area contributed by atoms with Crippen molar-refractivity contribution < 1.29 is 9.53 Å². The Kier molecular flexibility index (Phi) is 4.02. The van der Waals surface area contributed by atoms with Crippen molar-refractivity contribution in [2.24, 2.45) is 0 Å². The van der Waals surface area contributed by atoms with Crippen molar-refractivity contribution in [3.05, 3.63) is 0 Å². The molecule has 0 heterocycles. The van der Waals surface area contributed by atoms with Crippen molar-refractivity contribution in [1.82, 2.24) is 10.6 Å². The molecule has 1 aliphatic rings. The van der Waals surface area contributed by atoms with Crippen LogP contribution in [0.15, 0.2) is 0 Å². The minimum atomic E-state index is -0.0635. The Morgan fingerprint density at radius 2 is 2.31 bits per heavy atom. The number of hydrogen-bond donors (Lipinski definition) is 2. The van der Waals surface area contributed by atoms with E-state index >= 15 is 0 Å². The standard InChI is InChI=1S/C9H18N2O2/c1-3-7(6-13-2)10-9(12)11-8-4-5-8/h7-8H,3-6H2,1-2H3,(H2,10,11,12). The van der Waals surface area contributed by atoms with Crippen molar-refractivity contribution in [3.8, 4) is 0 Å². The van der Waals surface area contributed by atoms with Crippen LogP contribution in [0.4, 0.5) is 4.79 Å². The Morgan fingerprint density at radius 3 is 2.77 bits per heavy atom. The van der Waals surface area contributed by atoms with Crippen LogP contribution in [0, 0.1) is 0 Å². The highest BCUT2D eigenvalue weighted by Crippen LogP contribution is 2.18. The summed E-state index contributed by atoms with van der Waals surface area (Å²) in [4.78, 5) is 11.3. The van der Waals surface area contributed by atoms with E-state index in [9.17, 15) is 4.79 Å². The molecule has 1 atom stereocenters. The molecule has 1 unspecified atom stereocenters. The largest absolute Gasteiger partial charge is 0.383 e. The van der Waals surface area contributed by atoms with Crippen LogP contribution < -0.4 is 10.6 Å². The number of nitrogens with one attached hydrogen (secondary N) is 2. The average molecular weight is 186 g/mol. The number of urea groups is 1. The van der Waals surface area contributed by atoms with Gasteiger partial charge in [-0.2, -0.15) is 0 Å². The predicted molar refractivity (Wildman–Crippen MR) is 50.6 cm³/mol. The molecule has 1 saturated carbocycles. The highest BCUT2D eigenvalue weighted by molar-refractivity contribution is 5.74. The van der Waals surface area contributed by atoms with Gasteiger partial charge in [-0.1, -0.05) is 6.92 Å². The molecule has 0 aromatic heterocycles. The number of rotatable bonds is 5. The van der Waals surface area contributed by atoms with Gasteiger partial charge in [0.05, 0.1) is 12.6 Å². The molecule has 0 aromatic rings. The second-order valence-corrected chi connectivity index (χ2v) is 3.45. The summed E-state index contributed by atoms with van der Waals surface area (Å²) < 4.78 is 4.97. The molecular formula is C9H18N2O2. The third kappa shape index (κ3) is 4.12. The number of hydrogen-bond acceptors (Lipinski definition) is 2. The first-order valence-electron chi connectivity index (χ1n) is 4.82. The molecule has 0 saturated heterocycles. The first-order chi connectivity index (χ1) is 6.26. The van der Waals surface area contributed by atoms with Gasteiger partial charge in [0.25, 0.3) is 0 Å². The maximum Gasteiger partial charge on any atom is 0.315 e. The number of ether oxygens (including phenoxy) is 1. The molecule has 2 amide bonds. The molecule has 4 heteroatoms. The lowest BCUT2D eigenvalue weighted by Gasteiger charge is -2.16. The number of amides is 2. The minimum absolute atomic E-state index is 0.0635. The van der Waals surface area contributed by atoms with E-state index in [2.05, 4.69) is 10.6 Å². The van der Waals surface area contributed by atoms with E-state index in [-0.39, 0.29) is 12.1 Å². The van der Waals surface area contributed by atoms with Gasteiger partial charge in [-0.05, 0) is 19.3 Å². The molecule has 1 rings (SSSR count). The Labute approximate surface area is 79.0 Å². The van der Waals surface area contributed by atoms with Gasteiger partial charge in [0.2, 0.25) is 0 Å². The van der Waals surface area contributed by atoms with E-state index < -0.39 is 0 Å². The first kappa shape index (κ1) is 10.3. The van der Waals surface area contributed by atoms with E-state index in [0.29, 0.717) is 12.6 Å². The number of carbonyl (C=O) groups excluding carboxylic acids is 1. The van der Waals surface area contributed by atoms with Crippen LogP contribution in [-0.4, -0.2) is 31.8 Å². The van der Waals surface area contributed by atoms with E-state index in [4.69, 9.17) is 4.74 Å². The summed E-state index contributed by atoms with van der Waals surface area (Å²) in [6.07, 6.45) is 3.13. The average Bonchev–Trinajstić information content (AvgIpc) is 2.87. The van der Waals surface area contributed by atoms with Crippen LogP contribution in [0.5, 0.6) is 0 Å². The van der Waals surface area contributed by atoms with Crippen molar-refractivity contribution in [2.75, 3.05) is 13.7 Å². The van der Waals surface area contributed by atoms with E-state index in [1.165, 1.54) is 0 Å². The van der Waals surface area contributed by atoms with Gasteiger partial charge in [-0.3, -0.25) is 0 Å². The summed E-state index contributed by atoms with van der Waals surface area (Å²) in [5.74, 6) is 0. The molecule has 4 nitrogen and oxygen atoms in total. The van der Waals surface area contributed by atoms with Crippen molar-refractivity contribution in [1.29, 1.82) is 0 Å². The fourth-order valence-electron chi connectivity index (χ4n) is 1.10. The second kappa shape index (κ2) is 5.07. The molecule has 1 aliphatic carbocycles. The maximum atomic E-state index is 11.3. The molecule has 0 aromatic carbocycles. The number of methoxy groups -OCH3 is 1. The quantitative estimate of drug-likeness (QED) is 0.669. The van der Waals surface area contributed by atoms with Gasteiger partial charge in [0.15, 0.2) is 0 Å². The third-order valence-electron chi connectivity index (χ3n) is 2.11. The Bertz CT molecular complexity index is 169. The van der Waals surface area contributed by atoms with Gasteiger partial charge in [-0.15, -0.1) is 0 Å². The fourth-order valence-corrected chi connectivity index (χ4v) is 1.10. The monoisotopic (exact) mass is 186 g/mol. The zero-order valence-corrected chi connectivity index (χ0v) is 8.30. The van der Waals surface area contributed by atoms with Crippen LogP contribution in [0.3, 0.4) is 0 Å². The lowest BCUT2D eigenvalue weighted by Crippen LogP contribution is -2.44. The molecule has 13 heavy (non-hydrogen) atoms. The summed E-state index contributed by atoms with van der Waals surface area (Å²) in [5.41, 5.74) is 0. The van der Waals surface area contributed by atoms with Crippen LogP contribution in [0.2, 0.25) is 0 Å². The van der Waals surface area contributed by atoms with Crippen molar-refractivity contribution in [2.45, 2.75) is 38.3 Å². The molecule has 1 fully saturated rings. The van der Waals surface area contributed by atoms with Crippen LogP contribution >= 0.6 is 0 Å². The lowest BCUT2D eigenvalue weighted by atomic mass is 10.2. The maximum absolute atomic E-state index is 11.3. The zero-order valence-electron chi connectivity index (χ0n) is 8.30.